The van der Waals surface area contributed by atoms with E-state index in [9.17, 15) is 4.79 Å². The Morgan fingerprint density at radius 2 is 1.86 bits per heavy atom. The average Bonchev–Trinajstić information content (AvgIpc) is 3.29. The van der Waals surface area contributed by atoms with E-state index in [1.807, 2.05) is 31.2 Å². The van der Waals surface area contributed by atoms with Gasteiger partial charge in [-0.25, -0.2) is 9.48 Å². The van der Waals surface area contributed by atoms with E-state index in [0.29, 0.717) is 29.0 Å². The lowest BCUT2D eigenvalue weighted by Gasteiger charge is -2.28. The van der Waals surface area contributed by atoms with Crippen molar-refractivity contribution in [2.45, 2.75) is 58.8 Å². The van der Waals surface area contributed by atoms with Crippen molar-refractivity contribution in [3.63, 3.8) is 0 Å². The molecule has 0 bridgehead atoms. The molecule has 1 aliphatic rings. The Morgan fingerprint density at radius 3 is 2.57 bits per heavy atom. The molecule has 4 rings (SSSR count). The van der Waals surface area contributed by atoms with Crippen molar-refractivity contribution in [1.29, 1.82) is 0 Å². The maximum absolute atomic E-state index is 13.1. The van der Waals surface area contributed by atoms with Crippen LogP contribution in [0.3, 0.4) is 0 Å². The minimum absolute atomic E-state index is 0.134. The summed E-state index contributed by atoms with van der Waals surface area (Å²) in [7, 11) is 0. The molecule has 1 aromatic heterocycles. The summed E-state index contributed by atoms with van der Waals surface area (Å²) in [6.07, 6.45) is 2.58. The van der Waals surface area contributed by atoms with Crippen LogP contribution in [0, 0.1) is 20.8 Å². The maximum Gasteiger partial charge on any atom is 0.338 e. The Morgan fingerprint density at radius 1 is 1.14 bits per heavy atom. The van der Waals surface area contributed by atoms with Crippen LogP contribution in [-0.2, 0) is 16.1 Å². The average molecular weight is 519 g/mol. The third-order valence-electron chi connectivity index (χ3n) is 6.36. The van der Waals surface area contributed by atoms with Crippen LogP contribution in [0.1, 0.15) is 54.1 Å². The van der Waals surface area contributed by atoms with Gasteiger partial charge in [-0.15, -0.1) is 5.10 Å². The molecule has 3 aromatic rings. The van der Waals surface area contributed by atoms with Crippen molar-refractivity contribution in [2.75, 3.05) is 17.7 Å². The highest BCUT2D eigenvalue weighted by atomic mass is 32.2. The van der Waals surface area contributed by atoms with Gasteiger partial charge >= 0.3 is 5.97 Å². The molecule has 0 aliphatic carbocycles. The maximum atomic E-state index is 13.1. The monoisotopic (exact) mass is 518 g/mol. The second kappa shape index (κ2) is 11.7. The zero-order valence-corrected chi connectivity index (χ0v) is 22.9. The van der Waals surface area contributed by atoms with Crippen molar-refractivity contribution < 1.29 is 14.3 Å². The van der Waals surface area contributed by atoms with E-state index in [4.69, 9.17) is 14.6 Å². The van der Waals surface area contributed by atoms with E-state index in [-0.39, 0.29) is 6.61 Å². The fourth-order valence-electron chi connectivity index (χ4n) is 4.25. The summed E-state index contributed by atoms with van der Waals surface area (Å²) in [5.74, 6) is 1.86. The largest absolute Gasteiger partial charge is 0.489 e. The molecule has 7 nitrogen and oxygen atoms in total. The second-order valence-electron chi connectivity index (χ2n) is 9.19. The molecule has 1 atom stereocenters. The first-order valence-corrected chi connectivity index (χ1v) is 13.5. The Balaban J connectivity index is 1.62. The van der Waals surface area contributed by atoms with Gasteiger partial charge in [-0.05, 0) is 74.1 Å². The van der Waals surface area contributed by atoms with E-state index >= 15 is 0 Å². The van der Waals surface area contributed by atoms with Crippen LogP contribution in [-0.4, -0.2) is 33.1 Å². The zero-order chi connectivity index (χ0) is 26.5. The minimum Gasteiger partial charge on any atom is -0.489 e. The summed E-state index contributed by atoms with van der Waals surface area (Å²) in [6, 6.07) is 11.7. The number of aromatic nitrogens is 3. The van der Waals surface area contributed by atoms with Crippen molar-refractivity contribution in [1.82, 2.24) is 14.8 Å². The van der Waals surface area contributed by atoms with Gasteiger partial charge in [-0.3, -0.25) is 0 Å². The van der Waals surface area contributed by atoms with Crippen LogP contribution in [0.25, 0.3) is 0 Å². The second-order valence-corrected chi connectivity index (χ2v) is 10.2. The number of carbonyl (C=O) groups is 1. The van der Waals surface area contributed by atoms with Crippen LogP contribution in [0.4, 0.5) is 5.95 Å². The number of rotatable bonds is 10. The van der Waals surface area contributed by atoms with Gasteiger partial charge < -0.3 is 14.8 Å². The number of hydrogen-bond acceptors (Lipinski definition) is 7. The number of nitrogens with one attached hydrogen (secondary N) is 1. The molecule has 194 valence electrons. The van der Waals surface area contributed by atoms with Crippen molar-refractivity contribution in [2.24, 2.45) is 0 Å². The summed E-state index contributed by atoms with van der Waals surface area (Å²) in [5.41, 5.74) is 6.99. The van der Waals surface area contributed by atoms with E-state index in [1.54, 1.807) is 22.5 Å². The van der Waals surface area contributed by atoms with Gasteiger partial charge in [0.1, 0.15) is 25.0 Å². The van der Waals surface area contributed by atoms with Crippen LogP contribution in [0.2, 0.25) is 0 Å². The normalized spacial score (nSPS) is 14.7. The number of allylic oxidation sites excluding steroid dienone is 1. The molecule has 1 N–H and O–H groups in total. The third-order valence-corrected chi connectivity index (χ3v) is 7.41. The Bertz CT molecular complexity index is 1330. The molecule has 0 amide bonds. The smallest absolute Gasteiger partial charge is 0.338 e. The van der Waals surface area contributed by atoms with Crippen molar-refractivity contribution in [3.05, 3.63) is 88.1 Å². The van der Waals surface area contributed by atoms with E-state index < -0.39 is 12.0 Å². The predicted molar refractivity (Wildman–Crippen MR) is 148 cm³/mol. The molecule has 2 aromatic carbocycles. The van der Waals surface area contributed by atoms with Gasteiger partial charge in [0.25, 0.3) is 0 Å². The Hall–Kier alpha value is -3.52. The molecular weight excluding hydrogens is 484 g/mol. The number of nitrogens with zero attached hydrogens (tertiary/aromatic N) is 3. The minimum atomic E-state index is -0.479. The van der Waals surface area contributed by atoms with Gasteiger partial charge in [0.05, 0.1) is 5.57 Å². The molecule has 0 fully saturated rings. The molecule has 0 spiro atoms. The molecule has 1 aliphatic heterocycles. The van der Waals surface area contributed by atoms with Crippen LogP contribution < -0.4 is 10.1 Å². The number of carbonyl (C=O) groups excluding carboxylic acids is 1. The number of esters is 1. The highest BCUT2D eigenvalue weighted by Crippen LogP contribution is 2.37. The number of fused-ring (bicyclic) bond motifs is 1. The van der Waals surface area contributed by atoms with E-state index in [2.05, 4.69) is 56.7 Å². The van der Waals surface area contributed by atoms with Crippen LogP contribution in [0.15, 0.2) is 65.5 Å². The molecule has 0 radical (unpaired) electrons. The highest BCUT2D eigenvalue weighted by Gasteiger charge is 2.35. The molecule has 0 saturated carbocycles. The first-order valence-electron chi connectivity index (χ1n) is 12.5. The summed E-state index contributed by atoms with van der Waals surface area (Å²) in [5, 5.41) is 8.63. The van der Waals surface area contributed by atoms with Crippen molar-refractivity contribution in [3.8, 4) is 5.75 Å². The van der Waals surface area contributed by atoms with Gasteiger partial charge in [0.2, 0.25) is 11.1 Å². The van der Waals surface area contributed by atoms with Crippen LogP contribution >= 0.6 is 11.8 Å². The number of benzene rings is 2. The third kappa shape index (κ3) is 5.91. The zero-order valence-electron chi connectivity index (χ0n) is 22.1. The van der Waals surface area contributed by atoms with E-state index in [0.717, 1.165) is 23.5 Å². The van der Waals surface area contributed by atoms with Crippen LogP contribution in [0.5, 0.6) is 5.75 Å². The van der Waals surface area contributed by atoms with Crippen molar-refractivity contribution >= 4 is 23.7 Å². The molecule has 1 unspecified atom stereocenters. The summed E-state index contributed by atoms with van der Waals surface area (Å²) in [6.45, 7) is 14.6. The quantitative estimate of drug-likeness (QED) is 0.192. The number of ether oxygens (including phenoxy) is 2. The lowest BCUT2D eigenvalue weighted by molar-refractivity contribution is -0.138. The fourth-order valence-corrected chi connectivity index (χ4v) is 4.94. The fraction of sp³-hybridized carbons (Fsp3) is 0.345. The summed E-state index contributed by atoms with van der Waals surface area (Å²) < 4.78 is 13.3. The van der Waals surface area contributed by atoms with Gasteiger partial charge in [0, 0.05) is 11.4 Å². The van der Waals surface area contributed by atoms with Gasteiger partial charge in [-0.2, -0.15) is 4.98 Å². The number of hydrogen-bond donors (Lipinski definition) is 1. The van der Waals surface area contributed by atoms with E-state index in [1.165, 1.54) is 22.3 Å². The number of thioether (sulfide) groups is 1. The topological polar surface area (TPSA) is 78.3 Å². The van der Waals surface area contributed by atoms with Gasteiger partial charge in [0.15, 0.2) is 0 Å². The molecule has 2 heterocycles. The predicted octanol–water partition coefficient (Wildman–Crippen LogP) is 6.30. The van der Waals surface area contributed by atoms with Gasteiger partial charge in [-0.1, -0.05) is 55.6 Å². The first-order chi connectivity index (χ1) is 17.8. The SMILES string of the molecule is C=CCOC(=O)C1=C(C)Nc2nc(SCCC)nn2C1c1ccc(OCc2cc(C)c(C)cc2C)cc1. The lowest BCUT2D eigenvalue weighted by Crippen LogP contribution is -2.29. The molecule has 37 heavy (non-hydrogen) atoms. The summed E-state index contributed by atoms with van der Waals surface area (Å²) in [4.78, 5) is 17.7. The number of anilines is 1. The number of aryl methyl sites for hydroxylation is 3. The standard InChI is InChI=1S/C29H34N4O3S/c1-7-13-35-27(34)25-21(6)30-28-31-29(37-14-8-2)32-33(28)26(25)22-9-11-24(12-10-22)36-17-23-16-19(4)18(3)15-20(23)5/h7,9-12,15-16,26H,1,8,13-14,17H2,2-6H3,(H,30,31,32). The lowest BCUT2D eigenvalue weighted by atomic mass is 9.96. The summed E-state index contributed by atoms with van der Waals surface area (Å²) >= 11 is 1.59. The first kappa shape index (κ1) is 26.5. The highest BCUT2D eigenvalue weighted by molar-refractivity contribution is 7.99. The molecule has 0 saturated heterocycles. The Kier molecular flexibility index (Phi) is 8.38. The Labute approximate surface area is 223 Å². The molecule has 8 heteroatoms. The molecular formula is C29H34N4O3S.